The molecule has 2 aliphatic rings. The molecule has 174 valence electrons. The number of morpholine rings is 1. The van der Waals surface area contributed by atoms with Crippen LogP contribution in [-0.2, 0) is 14.3 Å². The molecule has 2 aliphatic heterocycles. The van der Waals surface area contributed by atoms with Gasteiger partial charge in [-0.3, -0.25) is 19.5 Å². The summed E-state index contributed by atoms with van der Waals surface area (Å²) in [4.78, 5) is 34.0. The number of hydrogen-bond acceptors (Lipinski definition) is 7. The van der Waals surface area contributed by atoms with E-state index in [1.54, 1.807) is 42.7 Å². The van der Waals surface area contributed by atoms with Crippen molar-refractivity contribution in [2.75, 3.05) is 39.4 Å². The molecule has 33 heavy (non-hydrogen) atoms. The molecular weight excluding hydrogens is 422 g/mol. The molecule has 1 aromatic carbocycles. The molecule has 0 saturated carbocycles. The van der Waals surface area contributed by atoms with Crippen molar-refractivity contribution in [3.05, 3.63) is 65.5 Å². The Hall–Kier alpha value is -3.23. The number of carbonyl (C=O) groups is 2. The monoisotopic (exact) mass is 451 g/mol. The van der Waals surface area contributed by atoms with E-state index in [0.29, 0.717) is 43.2 Å². The van der Waals surface area contributed by atoms with Crippen LogP contribution >= 0.6 is 0 Å². The molecule has 1 atom stereocenters. The van der Waals surface area contributed by atoms with Crippen LogP contribution in [-0.4, -0.2) is 77.1 Å². The van der Waals surface area contributed by atoms with Crippen molar-refractivity contribution in [1.29, 1.82) is 0 Å². The van der Waals surface area contributed by atoms with Crippen LogP contribution in [0.2, 0.25) is 0 Å². The molecule has 0 bridgehead atoms. The number of pyridine rings is 1. The molecule has 3 heterocycles. The number of aliphatic hydroxyl groups is 1. The van der Waals surface area contributed by atoms with Crippen molar-refractivity contribution in [1.82, 2.24) is 14.8 Å². The molecule has 2 aromatic rings. The molecule has 8 heteroatoms. The number of hydrogen-bond donors (Lipinski definition) is 1. The number of benzene rings is 1. The molecule has 0 unspecified atom stereocenters. The van der Waals surface area contributed by atoms with Crippen molar-refractivity contribution in [2.24, 2.45) is 0 Å². The van der Waals surface area contributed by atoms with Crippen LogP contribution in [0.1, 0.15) is 31.0 Å². The van der Waals surface area contributed by atoms with Gasteiger partial charge in [-0.1, -0.05) is 6.07 Å². The highest BCUT2D eigenvalue weighted by atomic mass is 16.5. The van der Waals surface area contributed by atoms with Crippen LogP contribution in [0.3, 0.4) is 0 Å². The van der Waals surface area contributed by atoms with Gasteiger partial charge in [0, 0.05) is 44.1 Å². The second kappa shape index (κ2) is 10.1. The summed E-state index contributed by atoms with van der Waals surface area (Å²) in [7, 11) is 0. The first-order valence-corrected chi connectivity index (χ1v) is 11.2. The maximum atomic E-state index is 13.1. The first-order valence-electron chi connectivity index (χ1n) is 11.2. The van der Waals surface area contributed by atoms with Gasteiger partial charge < -0.3 is 19.5 Å². The summed E-state index contributed by atoms with van der Waals surface area (Å²) < 4.78 is 11.1. The predicted molar refractivity (Wildman–Crippen MR) is 123 cm³/mol. The van der Waals surface area contributed by atoms with Gasteiger partial charge in [0.1, 0.15) is 11.5 Å². The normalized spacial score (nSPS) is 21.1. The van der Waals surface area contributed by atoms with Crippen molar-refractivity contribution in [3.8, 4) is 5.75 Å². The Balaban J connectivity index is 1.67. The van der Waals surface area contributed by atoms with E-state index in [-0.39, 0.29) is 17.4 Å². The van der Waals surface area contributed by atoms with Crippen molar-refractivity contribution in [2.45, 2.75) is 26.0 Å². The van der Waals surface area contributed by atoms with Gasteiger partial charge in [0.25, 0.3) is 11.7 Å². The summed E-state index contributed by atoms with van der Waals surface area (Å²) in [5, 5.41) is 11.1. The number of aromatic nitrogens is 1. The fourth-order valence-corrected chi connectivity index (χ4v) is 4.19. The fourth-order valence-electron chi connectivity index (χ4n) is 4.19. The Morgan fingerprint density at radius 1 is 1.15 bits per heavy atom. The minimum atomic E-state index is -0.702. The van der Waals surface area contributed by atoms with Gasteiger partial charge in [-0.2, -0.15) is 0 Å². The summed E-state index contributed by atoms with van der Waals surface area (Å²) >= 11 is 0. The highest BCUT2D eigenvalue weighted by Crippen LogP contribution is 2.39. The van der Waals surface area contributed by atoms with Crippen LogP contribution in [0.15, 0.2) is 54.4 Å². The number of likely N-dealkylation sites (tertiary alicyclic amines) is 1. The summed E-state index contributed by atoms with van der Waals surface area (Å²) in [5.74, 6) is -0.840. The molecule has 4 rings (SSSR count). The molecule has 8 nitrogen and oxygen atoms in total. The fraction of sp³-hybridized carbons (Fsp3) is 0.400. The Morgan fingerprint density at radius 3 is 2.52 bits per heavy atom. The zero-order valence-electron chi connectivity index (χ0n) is 18.9. The van der Waals surface area contributed by atoms with Crippen LogP contribution < -0.4 is 4.74 Å². The molecule has 2 fully saturated rings. The zero-order chi connectivity index (χ0) is 23.4. The number of carbonyl (C=O) groups excluding carboxylic acids is 2. The lowest BCUT2D eigenvalue weighted by atomic mass is 9.96. The predicted octanol–water partition coefficient (Wildman–Crippen LogP) is 2.62. The van der Waals surface area contributed by atoms with Crippen molar-refractivity contribution < 1.29 is 24.2 Å². The number of Topliss-reactive ketones (excluding diaryl/α,β-unsaturated/α-hetero) is 1. The van der Waals surface area contributed by atoms with Gasteiger partial charge >= 0.3 is 0 Å². The van der Waals surface area contributed by atoms with Gasteiger partial charge in [0.2, 0.25) is 0 Å². The smallest absolute Gasteiger partial charge is 0.295 e. The quantitative estimate of drug-likeness (QED) is 0.393. The Morgan fingerprint density at radius 2 is 1.88 bits per heavy atom. The second-order valence-electron chi connectivity index (χ2n) is 8.42. The number of nitrogens with zero attached hydrogens (tertiary/aromatic N) is 3. The van der Waals surface area contributed by atoms with E-state index in [1.165, 1.54) is 4.90 Å². The van der Waals surface area contributed by atoms with E-state index < -0.39 is 17.7 Å². The SMILES string of the molecule is CC(C)Oc1ccc(/C(O)=C2\C(=O)C(=O)N(CCN3CCOCC3)[C@H]2c2cccnc2)cc1. The first-order chi connectivity index (χ1) is 16.0. The molecule has 0 radical (unpaired) electrons. The second-order valence-corrected chi connectivity index (χ2v) is 8.42. The lowest BCUT2D eigenvalue weighted by Gasteiger charge is -2.30. The molecular formula is C25H29N3O5. The van der Waals surface area contributed by atoms with Gasteiger partial charge in [-0.25, -0.2) is 0 Å². The third kappa shape index (κ3) is 5.07. The molecule has 2 saturated heterocycles. The summed E-state index contributed by atoms with van der Waals surface area (Å²) in [6.07, 6.45) is 3.29. The van der Waals surface area contributed by atoms with E-state index in [1.807, 2.05) is 19.9 Å². The molecule has 1 aromatic heterocycles. The maximum absolute atomic E-state index is 13.1. The Kier molecular flexibility index (Phi) is 7.05. The highest BCUT2D eigenvalue weighted by molar-refractivity contribution is 6.46. The lowest BCUT2D eigenvalue weighted by Crippen LogP contribution is -2.42. The molecule has 0 aliphatic carbocycles. The number of rotatable bonds is 7. The zero-order valence-corrected chi connectivity index (χ0v) is 18.9. The first kappa shape index (κ1) is 22.9. The van der Waals surface area contributed by atoms with E-state index in [4.69, 9.17) is 9.47 Å². The number of ketones is 1. The number of amides is 1. The Bertz CT molecular complexity index is 1010. The third-order valence-electron chi connectivity index (χ3n) is 5.80. The van der Waals surface area contributed by atoms with Gasteiger partial charge in [-0.15, -0.1) is 0 Å². The van der Waals surface area contributed by atoms with Crippen LogP contribution in [0.5, 0.6) is 5.75 Å². The minimum Gasteiger partial charge on any atom is -0.507 e. The van der Waals surface area contributed by atoms with Crippen LogP contribution in [0.25, 0.3) is 5.76 Å². The van der Waals surface area contributed by atoms with E-state index >= 15 is 0 Å². The number of aliphatic hydroxyl groups excluding tert-OH is 1. The van der Waals surface area contributed by atoms with Crippen LogP contribution in [0, 0.1) is 0 Å². The largest absolute Gasteiger partial charge is 0.507 e. The maximum Gasteiger partial charge on any atom is 0.295 e. The van der Waals surface area contributed by atoms with Gasteiger partial charge in [0.05, 0.1) is 30.9 Å². The summed E-state index contributed by atoms with van der Waals surface area (Å²) in [6, 6.07) is 9.73. The minimum absolute atomic E-state index is 0.0202. The summed E-state index contributed by atoms with van der Waals surface area (Å²) in [6.45, 7) is 7.72. The average Bonchev–Trinajstić information content (AvgIpc) is 3.08. The third-order valence-corrected chi connectivity index (χ3v) is 5.80. The van der Waals surface area contributed by atoms with E-state index in [2.05, 4.69) is 9.88 Å². The topological polar surface area (TPSA) is 92.2 Å². The Labute approximate surface area is 193 Å². The lowest BCUT2D eigenvalue weighted by molar-refractivity contribution is -0.140. The molecule has 1 N–H and O–H groups in total. The van der Waals surface area contributed by atoms with Gasteiger partial charge in [-0.05, 0) is 49.7 Å². The van der Waals surface area contributed by atoms with Crippen molar-refractivity contribution >= 4 is 17.4 Å². The van der Waals surface area contributed by atoms with Gasteiger partial charge in [0.15, 0.2) is 0 Å². The van der Waals surface area contributed by atoms with E-state index in [0.717, 1.165) is 13.1 Å². The standard InChI is InChI=1S/C25H29N3O5/c1-17(2)33-20-7-5-18(6-8-20)23(29)21-22(19-4-3-9-26-16-19)28(25(31)24(21)30)11-10-27-12-14-32-15-13-27/h3-9,16-17,22,29H,10-15H2,1-2H3/b23-21+/t22-/m0/s1. The molecule has 1 amide bonds. The van der Waals surface area contributed by atoms with Crippen LogP contribution in [0.4, 0.5) is 0 Å². The highest BCUT2D eigenvalue weighted by Gasteiger charge is 2.46. The number of ether oxygens (including phenoxy) is 2. The average molecular weight is 452 g/mol. The molecule has 0 spiro atoms. The van der Waals surface area contributed by atoms with E-state index in [9.17, 15) is 14.7 Å². The van der Waals surface area contributed by atoms with Crippen molar-refractivity contribution in [3.63, 3.8) is 0 Å². The summed E-state index contributed by atoms with van der Waals surface area (Å²) in [5.41, 5.74) is 1.21.